The fourth-order valence-electron chi connectivity index (χ4n) is 2.71. The summed E-state index contributed by atoms with van der Waals surface area (Å²) in [6.07, 6.45) is 4.24. The van der Waals surface area contributed by atoms with E-state index >= 15 is 0 Å². The SMILES string of the molecule is CCOc1ccc(S(=O)(=O)NCCc2cn3cccc(OCC)c3n2)cc1. The minimum absolute atomic E-state index is 0.208. The van der Waals surface area contributed by atoms with E-state index in [-0.39, 0.29) is 11.4 Å². The smallest absolute Gasteiger partial charge is 0.240 e. The van der Waals surface area contributed by atoms with Crippen LogP contribution in [-0.4, -0.2) is 37.6 Å². The van der Waals surface area contributed by atoms with E-state index in [9.17, 15) is 8.42 Å². The monoisotopic (exact) mass is 389 g/mol. The van der Waals surface area contributed by atoms with Crippen LogP contribution in [0.5, 0.6) is 11.5 Å². The summed E-state index contributed by atoms with van der Waals surface area (Å²) < 4.78 is 40.2. The van der Waals surface area contributed by atoms with E-state index in [0.29, 0.717) is 31.1 Å². The highest BCUT2D eigenvalue weighted by Crippen LogP contribution is 2.19. The number of fused-ring (bicyclic) bond motifs is 1. The van der Waals surface area contributed by atoms with Gasteiger partial charge in [0.25, 0.3) is 0 Å². The van der Waals surface area contributed by atoms with Gasteiger partial charge in [-0.3, -0.25) is 0 Å². The van der Waals surface area contributed by atoms with Gasteiger partial charge < -0.3 is 13.9 Å². The van der Waals surface area contributed by atoms with E-state index in [1.807, 2.05) is 42.8 Å². The maximum absolute atomic E-state index is 12.4. The lowest BCUT2D eigenvalue weighted by Gasteiger charge is -2.07. The number of pyridine rings is 1. The Morgan fingerprint density at radius 2 is 1.81 bits per heavy atom. The van der Waals surface area contributed by atoms with Gasteiger partial charge in [-0.25, -0.2) is 18.1 Å². The van der Waals surface area contributed by atoms with Gasteiger partial charge in [-0.05, 0) is 50.2 Å². The number of imidazole rings is 1. The molecule has 7 nitrogen and oxygen atoms in total. The molecule has 1 aromatic carbocycles. The number of benzene rings is 1. The van der Waals surface area contributed by atoms with Crippen molar-refractivity contribution >= 4 is 15.7 Å². The van der Waals surface area contributed by atoms with E-state index in [0.717, 1.165) is 11.3 Å². The van der Waals surface area contributed by atoms with Gasteiger partial charge >= 0.3 is 0 Å². The van der Waals surface area contributed by atoms with Crippen molar-refractivity contribution in [2.75, 3.05) is 19.8 Å². The molecule has 8 heteroatoms. The summed E-state index contributed by atoms with van der Waals surface area (Å²) in [5.41, 5.74) is 1.51. The molecule has 0 saturated heterocycles. The third-order valence-corrected chi connectivity index (χ3v) is 5.39. The van der Waals surface area contributed by atoms with Crippen LogP contribution in [-0.2, 0) is 16.4 Å². The zero-order valence-electron chi connectivity index (χ0n) is 15.4. The molecule has 0 aliphatic carbocycles. The number of aromatic nitrogens is 2. The summed E-state index contributed by atoms with van der Waals surface area (Å²) in [7, 11) is -3.57. The highest BCUT2D eigenvalue weighted by Gasteiger charge is 2.14. The van der Waals surface area contributed by atoms with Crippen LogP contribution in [0.15, 0.2) is 53.7 Å². The number of nitrogens with zero attached hydrogens (tertiary/aromatic N) is 2. The first-order chi connectivity index (χ1) is 13.0. The third-order valence-electron chi connectivity index (χ3n) is 3.91. The van der Waals surface area contributed by atoms with Crippen molar-refractivity contribution in [3.63, 3.8) is 0 Å². The minimum Gasteiger partial charge on any atom is -0.494 e. The lowest BCUT2D eigenvalue weighted by molar-refractivity contribution is 0.340. The van der Waals surface area contributed by atoms with Crippen molar-refractivity contribution in [3.05, 3.63) is 54.5 Å². The molecule has 0 aliphatic heterocycles. The fourth-order valence-corrected chi connectivity index (χ4v) is 3.74. The number of hydrogen-bond donors (Lipinski definition) is 1. The molecule has 0 bridgehead atoms. The maximum Gasteiger partial charge on any atom is 0.240 e. The molecule has 0 aliphatic rings. The summed E-state index contributed by atoms with van der Waals surface area (Å²) in [5, 5.41) is 0. The lowest BCUT2D eigenvalue weighted by Crippen LogP contribution is -2.26. The van der Waals surface area contributed by atoms with Gasteiger partial charge in [0.2, 0.25) is 10.0 Å². The molecule has 0 fully saturated rings. The van der Waals surface area contributed by atoms with Crippen molar-refractivity contribution in [2.45, 2.75) is 25.2 Å². The molecule has 1 N–H and O–H groups in total. The van der Waals surface area contributed by atoms with E-state index in [2.05, 4.69) is 9.71 Å². The molecule has 2 heterocycles. The van der Waals surface area contributed by atoms with Crippen LogP contribution in [0.4, 0.5) is 0 Å². The number of ether oxygens (including phenoxy) is 2. The molecule has 0 spiro atoms. The Morgan fingerprint density at radius 3 is 2.52 bits per heavy atom. The van der Waals surface area contributed by atoms with E-state index in [1.165, 1.54) is 12.1 Å². The van der Waals surface area contributed by atoms with E-state index in [1.54, 1.807) is 12.1 Å². The number of nitrogens with one attached hydrogen (secondary N) is 1. The van der Waals surface area contributed by atoms with Gasteiger partial charge in [-0.1, -0.05) is 0 Å². The van der Waals surface area contributed by atoms with Crippen LogP contribution in [0.25, 0.3) is 5.65 Å². The topological polar surface area (TPSA) is 81.9 Å². The van der Waals surface area contributed by atoms with Crippen molar-refractivity contribution in [2.24, 2.45) is 0 Å². The van der Waals surface area contributed by atoms with Crippen LogP contribution in [0, 0.1) is 0 Å². The molecule has 3 rings (SSSR count). The summed E-state index contributed by atoms with van der Waals surface area (Å²) in [6.45, 7) is 5.15. The molecule has 3 aromatic rings. The van der Waals surface area contributed by atoms with Gasteiger partial charge in [0.15, 0.2) is 11.4 Å². The van der Waals surface area contributed by atoms with E-state index < -0.39 is 10.0 Å². The van der Waals surface area contributed by atoms with Gasteiger partial charge in [-0.2, -0.15) is 0 Å². The van der Waals surface area contributed by atoms with Crippen molar-refractivity contribution in [1.29, 1.82) is 0 Å². The molecule has 0 radical (unpaired) electrons. The second kappa shape index (κ2) is 8.41. The normalized spacial score (nSPS) is 11.6. The second-order valence-corrected chi connectivity index (χ2v) is 7.59. The lowest BCUT2D eigenvalue weighted by atomic mass is 10.3. The van der Waals surface area contributed by atoms with Crippen LogP contribution >= 0.6 is 0 Å². The largest absolute Gasteiger partial charge is 0.494 e. The number of rotatable bonds is 9. The zero-order chi connectivity index (χ0) is 19.3. The molecule has 144 valence electrons. The molecule has 2 aromatic heterocycles. The standard InChI is InChI=1S/C19H23N3O4S/c1-3-25-16-7-9-17(10-8-16)27(23,24)20-12-11-15-14-22-13-5-6-18(26-4-2)19(22)21-15/h5-10,13-14,20H,3-4,11-12H2,1-2H3. The number of hydrogen-bond acceptors (Lipinski definition) is 5. The zero-order valence-corrected chi connectivity index (χ0v) is 16.2. The third kappa shape index (κ3) is 4.58. The Hall–Kier alpha value is -2.58. The van der Waals surface area contributed by atoms with E-state index in [4.69, 9.17) is 9.47 Å². The quantitative estimate of drug-likeness (QED) is 0.608. The average Bonchev–Trinajstić information content (AvgIpc) is 3.06. The Kier molecular flexibility index (Phi) is 5.98. The van der Waals surface area contributed by atoms with Crippen molar-refractivity contribution in [1.82, 2.24) is 14.1 Å². The summed E-state index contributed by atoms with van der Waals surface area (Å²) in [5.74, 6) is 1.35. The fraction of sp³-hybridized carbons (Fsp3) is 0.316. The van der Waals surface area contributed by atoms with Gasteiger partial charge in [0.05, 0.1) is 23.8 Å². The van der Waals surface area contributed by atoms with Gasteiger partial charge in [-0.15, -0.1) is 0 Å². The molecule has 0 amide bonds. The summed E-state index contributed by atoms with van der Waals surface area (Å²) >= 11 is 0. The average molecular weight is 389 g/mol. The molecule has 0 unspecified atom stereocenters. The molecule has 0 atom stereocenters. The highest BCUT2D eigenvalue weighted by molar-refractivity contribution is 7.89. The Morgan fingerprint density at radius 1 is 1.07 bits per heavy atom. The highest BCUT2D eigenvalue weighted by atomic mass is 32.2. The molecule has 0 saturated carbocycles. The first-order valence-corrected chi connectivity index (χ1v) is 10.3. The van der Waals surface area contributed by atoms with Crippen molar-refractivity contribution < 1.29 is 17.9 Å². The van der Waals surface area contributed by atoms with Crippen LogP contribution in [0.1, 0.15) is 19.5 Å². The van der Waals surface area contributed by atoms with Crippen LogP contribution in [0.3, 0.4) is 0 Å². The van der Waals surface area contributed by atoms with Gasteiger partial charge in [0.1, 0.15) is 5.75 Å². The molecule has 27 heavy (non-hydrogen) atoms. The molecular formula is C19H23N3O4S. The number of sulfonamides is 1. The predicted octanol–water partition coefficient (Wildman–Crippen LogP) is 2.65. The second-order valence-electron chi connectivity index (χ2n) is 5.82. The maximum atomic E-state index is 12.4. The van der Waals surface area contributed by atoms with Crippen LogP contribution in [0.2, 0.25) is 0 Å². The van der Waals surface area contributed by atoms with Gasteiger partial charge in [0, 0.05) is 25.4 Å². The summed E-state index contributed by atoms with van der Waals surface area (Å²) in [4.78, 5) is 4.75. The molecular weight excluding hydrogens is 366 g/mol. The Bertz CT molecular complexity index is 997. The minimum atomic E-state index is -3.57. The first kappa shape index (κ1) is 19.2. The van der Waals surface area contributed by atoms with Crippen LogP contribution < -0.4 is 14.2 Å². The Labute approximate surface area is 159 Å². The first-order valence-electron chi connectivity index (χ1n) is 8.85. The Balaban J connectivity index is 1.65. The van der Waals surface area contributed by atoms with Crippen molar-refractivity contribution in [3.8, 4) is 11.5 Å². The summed E-state index contributed by atoms with van der Waals surface area (Å²) in [6, 6.07) is 10.1. The predicted molar refractivity (Wildman–Crippen MR) is 103 cm³/mol.